The van der Waals surface area contributed by atoms with E-state index < -0.39 is 0 Å². The molecule has 1 heterocycles. The Morgan fingerprint density at radius 3 is 2.29 bits per heavy atom. The van der Waals surface area contributed by atoms with Crippen LogP contribution in [0, 0.1) is 5.92 Å². The molecule has 4 nitrogen and oxygen atoms in total. The zero-order valence-electron chi connectivity index (χ0n) is 12.8. The zero-order valence-corrected chi connectivity index (χ0v) is 12.8. The summed E-state index contributed by atoms with van der Waals surface area (Å²) in [5, 5.41) is 3.01. The number of morpholine rings is 1. The van der Waals surface area contributed by atoms with Gasteiger partial charge >= 0.3 is 0 Å². The quantitative estimate of drug-likeness (QED) is 0.929. The highest BCUT2D eigenvalue weighted by Crippen LogP contribution is 2.28. The molecule has 2 atom stereocenters. The molecule has 4 heteroatoms. The SMILES string of the molecule is C[C@@H]1CN(c2ccc(NC(=O)C3CCC3)cc2)C[C@H](C)O1. The van der Waals surface area contributed by atoms with Crippen molar-refractivity contribution in [1.29, 1.82) is 0 Å². The van der Waals surface area contributed by atoms with Crippen molar-refractivity contribution in [2.45, 2.75) is 45.3 Å². The largest absolute Gasteiger partial charge is 0.372 e. The Labute approximate surface area is 126 Å². The fourth-order valence-electron chi connectivity index (χ4n) is 3.06. The highest BCUT2D eigenvalue weighted by molar-refractivity contribution is 5.93. The van der Waals surface area contributed by atoms with E-state index in [2.05, 4.69) is 36.2 Å². The lowest BCUT2D eigenvalue weighted by atomic mass is 9.85. The Morgan fingerprint density at radius 1 is 1.14 bits per heavy atom. The average molecular weight is 288 g/mol. The van der Waals surface area contributed by atoms with Crippen molar-refractivity contribution >= 4 is 17.3 Å². The molecule has 1 aliphatic heterocycles. The molecule has 1 aliphatic carbocycles. The summed E-state index contributed by atoms with van der Waals surface area (Å²) in [6.07, 6.45) is 3.77. The number of hydrogen-bond donors (Lipinski definition) is 1. The van der Waals surface area contributed by atoms with Crippen LogP contribution in [0.3, 0.4) is 0 Å². The Balaban J connectivity index is 1.62. The first-order valence-corrected chi connectivity index (χ1v) is 7.93. The van der Waals surface area contributed by atoms with E-state index in [0.29, 0.717) is 0 Å². The molecule has 1 N–H and O–H groups in total. The summed E-state index contributed by atoms with van der Waals surface area (Å²) < 4.78 is 5.76. The molecule has 1 saturated heterocycles. The van der Waals surface area contributed by atoms with Crippen molar-refractivity contribution in [2.75, 3.05) is 23.3 Å². The Bertz CT molecular complexity index is 486. The second-order valence-electron chi connectivity index (χ2n) is 6.33. The van der Waals surface area contributed by atoms with Gasteiger partial charge in [0.2, 0.25) is 5.91 Å². The lowest BCUT2D eigenvalue weighted by molar-refractivity contribution is -0.122. The Morgan fingerprint density at radius 2 is 1.76 bits per heavy atom. The Hall–Kier alpha value is -1.55. The minimum absolute atomic E-state index is 0.169. The van der Waals surface area contributed by atoms with Gasteiger partial charge in [0.25, 0.3) is 0 Å². The van der Waals surface area contributed by atoms with E-state index in [0.717, 1.165) is 31.6 Å². The van der Waals surface area contributed by atoms with Crippen LogP contribution in [0.25, 0.3) is 0 Å². The number of amides is 1. The zero-order chi connectivity index (χ0) is 14.8. The minimum Gasteiger partial charge on any atom is -0.372 e. The number of carbonyl (C=O) groups excluding carboxylic acids is 1. The summed E-state index contributed by atoms with van der Waals surface area (Å²) in [7, 11) is 0. The molecule has 1 aromatic carbocycles. The molecule has 0 radical (unpaired) electrons. The van der Waals surface area contributed by atoms with Crippen LogP contribution < -0.4 is 10.2 Å². The third kappa shape index (κ3) is 3.38. The summed E-state index contributed by atoms with van der Waals surface area (Å²) >= 11 is 0. The number of hydrogen-bond acceptors (Lipinski definition) is 3. The monoisotopic (exact) mass is 288 g/mol. The normalized spacial score (nSPS) is 26.3. The second-order valence-corrected chi connectivity index (χ2v) is 6.33. The molecule has 1 aromatic rings. The summed E-state index contributed by atoms with van der Waals surface area (Å²) in [5.41, 5.74) is 2.09. The molecular formula is C17H24N2O2. The van der Waals surface area contributed by atoms with Crippen LogP contribution >= 0.6 is 0 Å². The smallest absolute Gasteiger partial charge is 0.227 e. The van der Waals surface area contributed by atoms with E-state index in [9.17, 15) is 4.79 Å². The number of nitrogens with one attached hydrogen (secondary N) is 1. The molecular weight excluding hydrogens is 264 g/mol. The van der Waals surface area contributed by atoms with E-state index in [1.165, 1.54) is 12.1 Å². The number of nitrogens with zero attached hydrogens (tertiary/aromatic N) is 1. The van der Waals surface area contributed by atoms with E-state index in [4.69, 9.17) is 4.74 Å². The lowest BCUT2D eigenvalue weighted by Gasteiger charge is -2.36. The van der Waals surface area contributed by atoms with Crippen LogP contribution in [-0.2, 0) is 9.53 Å². The highest BCUT2D eigenvalue weighted by Gasteiger charge is 2.25. The first-order chi connectivity index (χ1) is 10.1. The summed E-state index contributed by atoms with van der Waals surface area (Å²) in [6.45, 7) is 6.04. The number of benzene rings is 1. The van der Waals surface area contributed by atoms with E-state index >= 15 is 0 Å². The van der Waals surface area contributed by atoms with Crippen molar-refractivity contribution in [3.8, 4) is 0 Å². The molecule has 114 valence electrons. The van der Waals surface area contributed by atoms with E-state index in [-0.39, 0.29) is 24.0 Å². The van der Waals surface area contributed by atoms with Crippen LogP contribution in [0.15, 0.2) is 24.3 Å². The maximum atomic E-state index is 11.9. The van der Waals surface area contributed by atoms with E-state index in [1.807, 2.05) is 12.1 Å². The summed E-state index contributed by atoms with van der Waals surface area (Å²) in [4.78, 5) is 14.3. The first-order valence-electron chi connectivity index (χ1n) is 7.93. The Kier molecular flexibility index (Phi) is 4.15. The number of rotatable bonds is 3. The predicted octanol–water partition coefficient (Wildman–Crippen LogP) is 3.04. The predicted molar refractivity (Wildman–Crippen MR) is 84.6 cm³/mol. The van der Waals surface area contributed by atoms with Gasteiger partial charge in [0.15, 0.2) is 0 Å². The standard InChI is InChI=1S/C17H24N2O2/c1-12-10-19(11-13(2)21-12)16-8-6-15(7-9-16)18-17(20)14-4-3-5-14/h6-9,12-14H,3-5,10-11H2,1-2H3,(H,18,20)/t12-,13+. The van der Waals surface area contributed by atoms with Gasteiger partial charge < -0.3 is 15.0 Å². The maximum absolute atomic E-state index is 11.9. The molecule has 0 bridgehead atoms. The molecule has 0 aromatic heterocycles. The number of anilines is 2. The molecule has 3 rings (SSSR count). The molecule has 0 unspecified atom stereocenters. The van der Waals surface area contributed by atoms with Gasteiger partial charge in [0.1, 0.15) is 0 Å². The lowest BCUT2D eigenvalue weighted by Crippen LogP contribution is -2.45. The van der Waals surface area contributed by atoms with Crippen molar-refractivity contribution in [3.05, 3.63) is 24.3 Å². The van der Waals surface area contributed by atoms with Crippen LogP contribution in [0.1, 0.15) is 33.1 Å². The summed E-state index contributed by atoms with van der Waals surface area (Å²) in [6, 6.07) is 8.16. The molecule has 0 spiro atoms. The second kappa shape index (κ2) is 6.06. The molecule has 1 amide bonds. The van der Waals surface area contributed by atoms with Crippen LogP contribution in [0.2, 0.25) is 0 Å². The fraction of sp³-hybridized carbons (Fsp3) is 0.588. The average Bonchev–Trinajstić information content (AvgIpc) is 2.36. The van der Waals surface area contributed by atoms with Crippen LogP contribution in [-0.4, -0.2) is 31.2 Å². The topological polar surface area (TPSA) is 41.6 Å². The van der Waals surface area contributed by atoms with Gasteiger partial charge in [-0.3, -0.25) is 4.79 Å². The maximum Gasteiger partial charge on any atom is 0.227 e. The van der Waals surface area contributed by atoms with Gasteiger partial charge in [0.05, 0.1) is 12.2 Å². The van der Waals surface area contributed by atoms with Crippen molar-refractivity contribution in [3.63, 3.8) is 0 Å². The third-order valence-corrected chi connectivity index (χ3v) is 4.40. The first kappa shape index (κ1) is 14.4. The highest BCUT2D eigenvalue weighted by atomic mass is 16.5. The number of carbonyl (C=O) groups is 1. The van der Waals surface area contributed by atoms with Crippen LogP contribution in [0.4, 0.5) is 11.4 Å². The van der Waals surface area contributed by atoms with Gasteiger partial charge in [-0.1, -0.05) is 6.42 Å². The summed E-state index contributed by atoms with van der Waals surface area (Å²) in [5.74, 6) is 0.397. The van der Waals surface area contributed by atoms with Gasteiger partial charge in [0, 0.05) is 30.4 Å². The van der Waals surface area contributed by atoms with Gasteiger partial charge in [-0.15, -0.1) is 0 Å². The number of ether oxygens (including phenoxy) is 1. The van der Waals surface area contributed by atoms with Crippen molar-refractivity contribution in [1.82, 2.24) is 0 Å². The van der Waals surface area contributed by atoms with Crippen molar-refractivity contribution in [2.24, 2.45) is 5.92 Å². The minimum atomic E-state index is 0.169. The molecule has 1 saturated carbocycles. The molecule has 2 fully saturated rings. The van der Waals surface area contributed by atoms with Crippen molar-refractivity contribution < 1.29 is 9.53 Å². The molecule has 2 aliphatic rings. The third-order valence-electron chi connectivity index (χ3n) is 4.40. The van der Waals surface area contributed by atoms with Gasteiger partial charge in [-0.05, 0) is 51.0 Å². The fourth-order valence-corrected chi connectivity index (χ4v) is 3.06. The van der Waals surface area contributed by atoms with Gasteiger partial charge in [-0.2, -0.15) is 0 Å². The molecule has 21 heavy (non-hydrogen) atoms. The van der Waals surface area contributed by atoms with Crippen LogP contribution in [0.5, 0.6) is 0 Å². The van der Waals surface area contributed by atoms with Gasteiger partial charge in [-0.25, -0.2) is 0 Å². The van der Waals surface area contributed by atoms with E-state index in [1.54, 1.807) is 0 Å².